The number of fused-ring (bicyclic) bond motifs is 2. The molecule has 0 radical (unpaired) electrons. The molecule has 3 atom stereocenters. The number of hydrogen-bond donors (Lipinski definition) is 1. The Bertz CT molecular complexity index is 241. The highest BCUT2D eigenvalue weighted by molar-refractivity contribution is 4.91. The third-order valence-corrected chi connectivity index (χ3v) is 4.20. The smallest absolute Gasteiger partial charge is 0.0707 e. The number of morpholine rings is 1. The average Bonchev–Trinajstić information content (AvgIpc) is 2.87. The van der Waals surface area contributed by atoms with E-state index in [0.717, 1.165) is 39.3 Å². The molecule has 0 amide bonds. The van der Waals surface area contributed by atoms with Crippen molar-refractivity contribution in [2.45, 2.75) is 31.5 Å². The number of ether oxygens (including phenoxy) is 2. The van der Waals surface area contributed by atoms with Gasteiger partial charge in [-0.25, -0.2) is 0 Å². The zero-order valence-electron chi connectivity index (χ0n) is 9.73. The van der Waals surface area contributed by atoms with Crippen LogP contribution in [-0.2, 0) is 9.47 Å². The molecule has 4 nitrogen and oxygen atoms in total. The second-order valence-corrected chi connectivity index (χ2v) is 5.61. The van der Waals surface area contributed by atoms with E-state index in [0.29, 0.717) is 12.2 Å². The van der Waals surface area contributed by atoms with Gasteiger partial charge in [-0.3, -0.25) is 4.90 Å². The van der Waals surface area contributed by atoms with Crippen molar-refractivity contribution in [3.05, 3.63) is 0 Å². The van der Waals surface area contributed by atoms with E-state index in [1.807, 2.05) is 0 Å². The summed E-state index contributed by atoms with van der Waals surface area (Å²) < 4.78 is 11.3. The maximum absolute atomic E-state index is 9.56. The van der Waals surface area contributed by atoms with E-state index in [-0.39, 0.29) is 12.0 Å². The number of likely N-dealkylation sites (tertiary alicyclic amines) is 1. The van der Waals surface area contributed by atoms with Gasteiger partial charge in [0, 0.05) is 31.7 Å². The van der Waals surface area contributed by atoms with E-state index in [2.05, 4.69) is 4.90 Å². The van der Waals surface area contributed by atoms with E-state index in [1.54, 1.807) is 0 Å². The minimum absolute atomic E-state index is 0.00319. The van der Waals surface area contributed by atoms with E-state index in [9.17, 15) is 5.11 Å². The van der Waals surface area contributed by atoms with Crippen molar-refractivity contribution in [2.75, 3.05) is 39.5 Å². The highest BCUT2D eigenvalue weighted by Crippen LogP contribution is 2.32. The quantitative estimate of drug-likeness (QED) is 0.750. The molecule has 4 heteroatoms. The SMILES string of the molecule is OCC1(CN2CC3CCC(C2)O3)CCOC1. The van der Waals surface area contributed by atoms with Crippen LogP contribution in [0.5, 0.6) is 0 Å². The van der Waals surface area contributed by atoms with E-state index < -0.39 is 0 Å². The molecule has 2 bridgehead atoms. The van der Waals surface area contributed by atoms with Crippen LogP contribution in [0.1, 0.15) is 19.3 Å². The molecule has 92 valence electrons. The van der Waals surface area contributed by atoms with Gasteiger partial charge in [0.2, 0.25) is 0 Å². The molecule has 0 aromatic rings. The van der Waals surface area contributed by atoms with Crippen LogP contribution in [0.3, 0.4) is 0 Å². The van der Waals surface area contributed by atoms with Crippen LogP contribution in [0.25, 0.3) is 0 Å². The molecule has 3 aliphatic rings. The van der Waals surface area contributed by atoms with Crippen LogP contribution in [0.2, 0.25) is 0 Å². The lowest BCUT2D eigenvalue weighted by atomic mass is 9.87. The molecule has 0 aliphatic carbocycles. The van der Waals surface area contributed by atoms with Crippen molar-refractivity contribution >= 4 is 0 Å². The summed E-state index contributed by atoms with van der Waals surface area (Å²) in [6.07, 6.45) is 4.30. The number of aliphatic hydroxyl groups excluding tert-OH is 1. The first-order valence-electron chi connectivity index (χ1n) is 6.36. The Hall–Kier alpha value is -0.160. The van der Waals surface area contributed by atoms with Crippen molar-refractivity contribution < 1.29 is 14.6 Å². The van der Waals surface area contributed by atoms with E-state index in [1.165, 1.54) is 12.8 Å². The molecular formula is C12H21NO3. The van der Waals surface area contributed by atoms with Crippen LogP contribution < -0.4 is 0 Å². The molecule has 3 heterocycles. The third-order valence-electron chi connectivity index (χ3n) is 4.20. The minimum atomic E-state index is -0.00319. The van der Waals surface area contributed by atoms with Crippen molar-refractivity contribution in [3.8, 4) is 0 Å². The van der Waals surface area contributed by atoms with Gasteiger partial charge in [-0.05, 0) is 19.3 Å². The molecule has 3 rings (SSSR count). The molecule has 3 aliphatic heterocycles. The van der Waals surface area contributed by atoms with Crippen LogP contribution in [0.15, 0.2) is 0 Å². The first kappa shape index (κ1) is 11.0. The fourth-order valence-corrected chi connectivity index (χ4v) is 3.25. The molecule has 3 saturated heterocycles. The third kappa shape index (κ3) is 1.99. The van der Waals surface area contributed by atoms with Gasteiger partial charge in [-0.1, -0.05) is 0 Å². The standard InChI is InChI=1S/C12H21NO3/c14-8-12(3-4-15-9-12)7-13-5-10-1-2-11(6-13)16-10/h10-11,14H,1-9H2. The van der Waals surface area contributed by atoms with Gasteiger partial charge in [0.25, 0.3) is 0 Å². The summed E-state index contributed by atoms with van der Waals surface area (Å²) in [4.78, 5) is 2.47. The van der Waals surface area contributed by atoms with E-state index in [4.69, 9.17) is 9.47 Å². The van der Waals surface area contributed by atoms with Gasteiger partial charge in [0.15, 0.2) is 0 Å². The molecule has 0 spiro atoms. The molecular weight excluding hydrogens is 206 g/mol. The zero-order valence-corrected chi connectivity index (χ0v) is 9.73. The van der Waals surface area contributed by atoms with Gasteiger partial charge in [-0.2, -0.15) is 0 Å². The fourth-order valence-electron chi connectivity index (χ4n) is 3.25. The molecule has 16 heavy (non-hydrogen) atoms. The molecule has 0 saturated carbocycles. The van der Waals surface area contributed by atoms with Gasteiger partial charge in [-0.15, -0.1) is 0 Å². The van der Waals surface area contributed by atoms with Crippen molar-refractivity contribution in [2.24, 2.45) is 5.41 Å². The van der Waals surface area contributed by atoms with Crippen LogP contribution in [0, 0.1) is 5.41 Å². The predicted octanol–water partition coefficient (Wildman–Crippen LogP) is 0.249. The molecule has 3 fully saturated rings. The second kappa shape index (κ2) is 4.26. The van der Waals surface area contributed by atoms with Gasteiger partial charge in [0.1, 0.15) is 0 Å². The largest absolute Gasteiger partial charge is 0.396 e. The summed E-state index contributed by atoms with van der Waals surface area (Å²) in [5.74, 6) is 0. The highest BCUT2D eigenvalue weighted by atomic mass is 16.5. The van der Waals surface area contributed by atoms with Crippen LogP contribution >= 0.6 is 0 Å². The lowest BCUT2D eigenvalue weighted by Crippen LogP contribution is -2.49. The lowest BCUT2D eigenvalue weighted by Gasteiger charge is -2.37. The Labute approximate surface area is 96.5 Å². The van der Waals surface area contributed by atoms with Gasteiger partial charge >= 0.3 is 0 Å². The summed E-state index contributed by atoms with van der Waals surface area (Å²) in [5, 5.41) is 9.56. The highest BCUT2D eigenvalue weighted by Gasteiger charge is 2.40. The normalized spacial score (nSPS) is 44.1. The minimum Gasteiger partial charge on any atom is -0.396 e. The molecule has 1 N–H and O–H groups in total. The fraction of sp³-hybridized carbons (Fsp3) is 1.00. The number of rotatable bonds is 3. The van der Waals surface area contributed by atoms with Crippen molar-refractivity contribution in [1.82, 2.24) is 4.90 Å². The first-order valence-corrected chi connectivity index (χ1v) is 6.36. The van der Waals surface area contributed by atoms with Gasteiger partial charge in [0.05, 0.1) is 25.4 Å². The van der Waals surface area contributed by atoms with Crippen LogP contribution in [0.4, 0.5) is 0 Å². The summed E-state index contributed by atoms with van der Waals surface area (Å²) >= 11 is 0. The Kier molecular flexibility index (Phi) is 2.92. The number of nitrogens with zero attached hydrogens (tertiary/aromatic N) is 1. The summed E-state index contributed by atoms with van der Waals surface area (Å²) in [7, 11) is 0. The summed E-state index contributed by atoms with van der Waals surface area (Å²) in [6, 6.07) is 0. The summed E-state index contributed by atoms with van der Waals surface area (Å²) in [6.45, 7) is 4.82. The van der Waals surface area contributed by atoms with Crippen molar-refractivity contribution in [1.29, 1.82) is 0 Å². The second-order valence-electron chi connectivity index (χ2n) is 5.61. The zero-order chi connectivity index (χ0) is 11.0. The van der Waals surface area contributed by atoms with E-state index >= 15 is 0 Å². The molecule has 3 unspecified atom stereocenters. The average molecular weight is 227 g/mol. The first-order chi connectivity index (χ1) is 7.80. The predicted molar refractivity (Wildman–Crippen MR) is 59.3 cm³/mol. The maximum Gasteiger partial charge on any atom is 0.0707 e. The summed E-state index contributed by atoms with van der Waals surface area (Å²) in [5.41, 5.74) is -0.00319. The topological polar surface area (TPSA) is 41.9 Å². The van der Waals surface area contributed by atoms with Crippen molar-refractivity contribution in [3.63, 3.8) is 0 Å². The number of aliphatic hydroxyl groups is 1. The Morgan fingerprint density at radius 2 is 2.00 bits per heavy atom. The Morgan fingerprint density at radius 3 is 2.56 bits per heavy atom. The Balaban J connectivity index is 1.61. The van der Waals surface area contributed by atoms with Crippen LogP contribution in [-0.4, -0.2) is 61.7 Å². The number of hydrogen-bond acceptors (Lipinski definition) is 4. The van der Waals surface area contributed by atoms with Gasteiger partial charge < -0.3 is 14.6 Å². The Morgan fingerprint density at radius 1 is 1.25 bits per heavy atom. The molecule has 0 aromatic heterocycles. The monoisotopic (exact) mass is 227 g/mol. The molecule has 0 aromatic carbocycles. The lowest BCUT2D eigenvalue weighted by molar-refractivity contribution is -0.0569. The maximum atomic E-state index is 9.56.